The Labute approximate surface area is 352 Å². The van der Waals surface area contributed by atoms with Gasteiger partial charge in [-0.05, 0) is 65.1 Å². The Bertz CT molecular complexity index is 2400. The minimum absolute atomic E-state index is 0.114. The van der Waals surface area contributed by atoms with Crippen molar-refractivity contribution in [2.45, 2.75) is 95.7 Å². The Kier molecular flexibility index (Phi) is 12.1. The second-order valence-corrected chi connectivity index (χ2v) is 29.3. The standard InChI is InChI=1S/C44H58N8O6Si2/c1-26(2)38(50-44(57)58-3)43(56)52-25-60(7,8)24-36(52)40-45-21-33(48-40)28-13-11-27(12-14-28)29-15-17-31-30(20-29)16-18-32-39(31)49-41(47-32)35-10-9-19-51(35)42(55)34(23-59(4,5)6)46-37(54)22-53/h11-18,20-21,26,34-36,38,53H,9-10,19,22-25H2,1-8H3,(H,45,48)(H,46,54)(H,47,49)(H,50,57)/t34-,35-,36-,38-/m0/s1. The van der Waals surface area contributed by atoms with Crippen LogP contribution >= 0.6 is 0 Å². The molecular weight excluding hydrogens is 793 g/mol. The Morgan fingerprint density at radius 3 is 2.32 bits per heavy atom. The van der Waals surface area contributed by atoms with E-state index < -0.39 is 46.8 Å². The zero-order valence-corrected chi connectivity index (χ0v) is 37.9. The molecular formula is C44H58N8O6Si2. The smallest absolute Gasteiger partial charge is 0.407 e. The number of benzene rings is 3. The number of carbonyl (C=O) groups excluding carboxylic acids is 4. The predicted octanol–water partition coefficient (Wildman–Crippen LogP) is 6.76. The van der Waals surface area contributed by atoms with Crippen molar-refractivity contribution in [1.82, 2.24) is 40.4 Å². The third kappa shape index (κ3) is 9.05. The molecule has 0 aliphatic carbocycles. The van der Waals surface area contributed by atoms with Crippen molar-refractivity contribution < 1.29 is 29.0 Å². The highest BCUT2D eigenvalue weighted by Gasteiger charge is 2.46. The summed E-state index contributed by atoms with van der Waals surface area (Å²) in [7, 11) is -2.19. The maximum Gasteiger partial charge on any atom is 0.407 e. The summed E-state index contributed by atoms with van der Waals surface area (Å²) in [6.45, 7) is 14.8. The SMILES string of the molecule is COC(=O)N[C@H](C(=O)N1C[Si](C)(C)C[C@H]1c1ncc(-c2ccc(-c3ccc4c(ccc5[nH]c([C@@H]6CCCN6C(=O)[C@H](C[Si](C)(C)C)NC(=O)CO)nc54)c3)cc2)[nH]1)C(C)C. The number of methoxy groups -OCH3 is 1. The molecule has 0 spiro atoms. The van der Waals surface area contributed by atoms with Gasteiger partial charge >= 0.3 is 6.09 Å². The number of hydrogen-bond donors (Lipinski definition) is 5. The first kappa shape index (κ1) is 42.8. The number of nitrogens with one attached hydrogen (secondary N) is 4. The number of likely N-dealkylation sites (tertiary alicyclic amines) is 1. The normalized spacial score (nSPS) is 18.9. The molecule has 4 atom stereocenters. The van der Waals surface area contributed by atoms with Gasteiger partial charge in [0, 0.05) is 26.2 Å². The van der Waals surface area contributed by atoms with Gasteiger partial charge in [-0.2, -0.15) is 0 Å². The van der Waals surface area contributed by atoms with Crippen LogP contribution in [0.4, 0.5) is 4.79 Å². The molecule has 0 unspecified atom stereocenters. The number of nitrogens with zero attached hydrogens (tertiary/aromatic N) is 4. The van der Waals surface area contributed by atoms with E-state index in [1.165, 1.54) is 7.11 Å². The van der Waals surface area contributed by atoms with Crippen molar-refractivity contribution in [2.75, 3.05) is 26.4 Å². The van der Waals surface area contributed by atoms with E-state index in [-0.39, 0.29) is 29.8 Å². The summed E-state index contributed by atoms with van der Waals surface area (Å²) in [5.74, 6) is 0.579. The molecule has 2 aliphatic heterocycles. The number of fused-ring (bicyclic) bond motifs is 3. The van der Waals surface area contributed by atoms with Gasteiger partial charge in [-0.1, -0.05) is 89.0 Å². The fraction of sp³-hybridized carbons (Fsp3) is 0.455. The van der Waals surface area contributed by atoms with Crippen LogP contribution in [0.2, 0.25) is 44.8 Å². The number of carbonyl (C=O) groups is 4. The predicted molar refractivity (Wildman–Crippen MR) is 238 cm³/mol. The third-order valence-corrected chi connectivity index (χ3v) is 16.1. The topological polar surface area (TPSA) is 186 Å². The number of hydrogen-bond acceptors (Lipinski definition) is 8. The number of aromatic nitrogens is 4. The summed E-state index contributed by atoms with van der Waals surface area (Å²) in [4.78, 5) is 72.7. The number of alkyl carbamates (subject to hydrolysis) is 1. The average Bonchev–Trinajstić information content (AvgIpc) is 4.03. The van der Waals surface area contributed by atoms with Crippen molar-refractivity contribution in [1.29, 1.82) is 0 Å². The van der Waals surface area contributed by atoms with E-state index >= 15 is 0 Å². The van der Waals surface area contributed by atoms with E-state index in [0.717, 1.165) is 74.7 Å². The van der Waals surface area contributed by atoms with Gasteiger partial charge in [0.1, 0.15) is 30.3 Å². The molecule has 16 heteroatoms. The summed E-state index contributed by atoms with van der Waals surface area (Å²) < 4.78 is 4.81. The van der Waals surface area contributed by atoms with E-state index in [9.17, 15) is 24.3 Å². The molecule has 0 radical (unpaired) electrons. The first-order valence-electron chi connectivity index (χ1n) is 20.9. The molecule has 14 nitrogen and oxygen atoms in total. The lowest BCUT2D eigenvalue weighted by atomic mass is 9.99. The van der Waals surface area contributed by atoms with Crippen molar-refractivity contribution in [3.05, 3.63) is 72.4 Å². The molecule has 0 saturated carbocycles. The molecule has 4 heterocycles. The number of ether oxygens (including phenoxy) is 1. The Morgan fingerprint density at radius 1 is 0.917 bits per heavy atom. The van der Waals surface area contributed by atoms with E-state index in [2.05, 4.69) is 102 Å². The molecule has 7 rings (SSSR count). The third-order valence-electron chi connectivity index (χ3n) is 11.8. The lowest BCUT2D eigenvalue weighted by molar-refractivity contribution is -0.137. The van der Waals surface area contributed by atoms with Crippen molar-refractivity contribution in [2.24, 2.45) is 5.92 Å². The quantitative estimate of drug-likeness (QED) is 0.0853. The van der Waals surface area contributed by atoms with Crippen LogP contribution < -0.4 is 10.6 Å². The molecule has 3 aromatic carbocycles. The van der Waals surface area contributed by atoms with E-state index in [0.29, 0.717) is 18.8 Å². The fourth-order valence-corrected chi connectivity index (χ4v) is 13.2. The van der Waals surface area contributed by atoms with Crippen LogP contribution in [0.15, 0.2) is 60.8 Å². The number of aliphatic hydroxyl groups excluding tert-OH is 1. The van der Waals surface area contributed by atoms with Gasteiger partial charge in [0.2, 0.25) is 17.7 Å². The second kappa shape index (κ2) is 17.0. The van der Waals surface area contributed by atoms with Crippen molar-refractivity contribution >= 4 is 61.8 Å². The average molecular weight is 851 g/mol. The molecule has 4 amide bonds. The number of aromatic amines is 2. The molecule has 5 aromatic rings. The van der Waals surface area contributed by atoms with Crippen molar-refractivity contribution in [3.63, 3.8) is 0 Å². The highest BCUT2D eigenvalue weighted by Crippen LogP contribution is 2.39. The van der Waals surface area contributed by atoms with Crippen LogP contribution in [0.1, 0.15) is 50.4 Å². The van der Waals surface area contributed by atoms with E-state index in [1.807, 2.05) is 35.9 Å². The van der Waals surface area contributed by atoms with Crippen LogP contribution in [-0.2, 0) is 19.1 Å². The monoisotopic (exact) mass is 850 g/mol. The number of aliphatic hydroxyl groups is 1. The Hall–Kier alpha value is -5.33. The lowest BCUT2D eigenvalue weighted by Crippen LogP contribution is -2.52. The minimum atomic E-state index is -1.75. The molecule has 2 aromatic heterocycles. The number of H-pyrrole nitrogens is 2. The van der Waals surface area contributed by atoms with E-state index in [1.54, 1.807) is 0 Å². The van der Waals surface area contributed by atoms with Gasteiger partial charge in [-0.25, -0.2) is 14.8 Å². The zero-order valence-electron chi connectivity index (χ0n) is 35.9. The fourth-order valence-electron chi connectivity index (χ4n) is 8.84. The van der Waals surface area contributed by atoms with Gasteiger partial charge in [-0.3, -0.25) is 14.4 Å². The second-order valence-electron chi connectivity index (χ2n) is 18.7. The summed E-state index contributed by atoms with van der Waals surface area (Å²) >= 11 is 0. The highest BCUT2D eigenvalue weighted by atomic mass is 28.3. The first-order valence-corrected chi connectivity index (χ1v) is 28.0. The number of rotatable bonds is 12. The van der Waals surface area contributed by atoms with Gasteiger partial charge in [0.05, 0.1) is 50.2 Å². The lowest BCUT2D eigenvalue weighted by Gasteiger charge is -2.31. The Balaban J connectivity index is 1.09. The van der Waals surface area contributed by atoms with Crippen LogP contribution in [-0.4, -0.2) is 113 Å². The minimum Gasteiger partial charge on any atom is -0.453 e. The molecule has 2 aliphatic rings. The van der Waals surface area contributed by atoms with Crippen LogP contribution in [0, 0.1) is 5.92 Å². The summed E-state index contributed by atoms with van der Waals surface area (Å²) in [5, 5.41) is 17.0. The molecule has 2 saturated heterocycles. The summed E-state index contributed by atoms with van der Waals surface area (Å²) in [5.41, 5.74) is 5.71. The summed E-state index contributed by atoms with van der Waals surface area (Å²) in [6.07, 6.45) is 3.49. The van der Waals surface area contributed by atoms with Gasteiger partial charge < -0.3 is 40.2 Å². The van der Waals surface area contributed by atoms with Crippen LogP contribution in [0.5, 0.6) is 0 Å². The maximum absolute atomic E-state index is 13.9. The molecule has 2 fully saturated rings. The van der Waals surface area contributed by atoms with E-state index in [4.69, 9.17) is 14.7 Å². The molecule has 0 bridgehead atoms. The van der Waals surface area contributed by atoms with Gasteiger partial charge in [0.25, 0.3) is 0 Å². The van der Waals surface area contributed by atoms with Gasteiger partial charge in [-0.15, -0.1) is 0 Å². The number of imidazole rings is 2. The molecule has 5 N–H and O–H groups in total. The van der Waals surface area contributed by atoms with Crippen molar-refractivity contribution in [3.8, 4) is 22.4 Å². The van der Waals surface area contributed by atoms with Crippen LogP contribution in [0.3, 0.4) is 0 Å². The Morgan fingerprint density at radius 2 is 1.63 bits per heavy atom. The summed E-state index contributed by atoms with van der Waals surface area (Å²) in [6, 6.07) is 18.5. The largest absolute Gasteiger partial charge is 0.453 e. The van der Waals surface area contributed by atoms with Crippen LogP contribution in [0.25, 0.3) is 44.2 Å². The molecule has 60 heavy (non-hydrogen) atoms. The maximum atomic E-state index is 13.9. The highest BCUT2D eigenvalue weighted by molar-refractivity contribution is 6.78. The first-order chi connectivity index (χ1) is 28.4. The number of amides is 4. The van der Waals surface area contributed by atoms with Gasteiger partial charge in [0.15, 0.2) is 0 Å². The molecule has 318 valence electrons. The zero-order chi connectivity index (χ0) is 43.1.